The molecule has 62 heavy (non-hydrogen) atoms. The Kier molecular flexibility index (Phi) is 16.2. The van der Waals surface area contributed by atoms with E-state index in [9.17, 15) is 79.0 Å². The number of anilines is 3. The van der Waals surface area contributed by atoms with E-state index in [1.165, 1.54) is 0 Å². The number of rotatable bonds is 12. The van der Waals surface area contributed by atoms with Gasteiger partial charge in [0, 0.05) is 17.1 Å². The highest BCUT2D eigenvalue weighted by Gasteiger charge is 2.39. The molecule has 0 aliphatic heterocycles. The number of quaternary nitrogens is 1. The van der Waals surface area contributed by atoms with Crippen LogP contribution in [0.2, 0.25) is 0 Å². The standard InChI is InChI=1S/C34H29F18N7S3/c1-59(5-2-53-26(60)56-23-11-17(29(35,36)37)8-18(12-23)30(38,39)40,6-3-54-27(61)57-24-13-19(31(41,42)43)9-20(14-24)32(44,45)46)7-4-55-28(62)58-25-15-21(33(47,48)49)10-22(16-25)34(50,51)52/h8-16H,2-7H2,1H3,(H5-,53,54,55,56,57,58,60,61,62)/p+1. The lowest BCUT2D eigenvalue weighted by molar-refractivity contribution is -0.906. The van der Waals surface area contributed by atoms with E-state index in [1.807, 2.05) is 0 Å². The SMILES string of the molecule is C[N+](CCNC(=S)Nc1cc(C(F)(F)F)cc(C(F)(F)F)c1)(CCNC(=S)Nc1cc(C(F)(F)F)cc(C(F)(F)F)c1)CCNC(=S)Nc1cc(C(F)(F)F)cc(C(F)(F)F)c1. The molecule has 7 nitrogen and oxygen atoms in total. The molecule has 344 valence electrons. The van der Waals surface area contributed by atoms with Crippen molar-refractivity contribution in [1.29, 1.82) is 0 Å². The Morgan fingerprint density at radius 1 is 0.371 bits per heavy atom. The summed E-state index contributed by atoms with van der Waals surface area (Å²) in [5.41, 5.74) is -11.8. The number of hydrogen-bond acceptors (Lipinski definition) is 3. The first-order valence-corrected chi connectivity index (χ1v) is 18.1. The zero-order chi connectivity index (χ0) is 47.3. The van der Waals surface area contributed by atoms with E-state index < -0.39 is 103 Å². The fourth-order valence-corrected chi connectivity index (χ4v) is 5.92. The summed E-state index contributed by atoms with van der Waals surface area (Å²) in [7, 11) is 1.54. The first-order valence-electron chi connectivity index (χ1n) is 16.9. The molecule has 28 heteroatoms. The van der Waals surface area contributed by atoms with Gasteiger partial charge >= 0.3 is 37.1 Å². The highest BCUT2D eigenvalue weighted by atomic mass is 32.1. The van der Waals surface area contributed by atoms with Crippen molar-refractivity contribution >= 4 is 69.1 Å². The Balaban J connectivity index is 1.76. The molecule has 0 saturated heterocycles. The van der Waals surface area contributed by atoms with Crippen molar-refractivity contribution in [3.8, 4) is 0 Å². The summed E-state index contributed by atoms with van der Waals surface area (Å²) in [6, 6.07) is 1.95. The third-order valence-electron chi connectivity index (χ3n) is 8.35. The number of hydrogen-bond donors (Lipinski definition) is 6. The largest absolute Gasteiger partial charge is 0.416 e. The van der Waals surface area contributed by atoms with Crippen LogP contribution in [0, 0.1) is 0 Å². The van der Waals surface area contributed by atoms with Crippen LogP contribution >= 0.6 is 36.7 Å². The Hall–Kier alpha value is -4.57. The van der Waals surface area contributed by atoms with Gasteiger partial charge in [0.2, 0.25) is 0 Å². The van der Waals surface area contributed by atoms with Crippen LogP contribution < -0.4 is 31.9 Å². The van der Waals surface area contributed by atoms with Gasteiger partial charge in [0.25, 0.3) is 0 Å². The second-order valence-electron chi connectivity index (χ2n) is 13.3. The van der Waals surface area contributed by atoms with Crippen molar-refractivity contribution in [1.82, 2.24) is 16.0 Å². The van der Waals surface area contributed by atoms with Gasteiger partial charge in [-0.3, -0.25) is 0 Å². The van der Waals surface area contributed by atoms with E-state index in [0.29, 0.717) is 36.4 Å². The van der Waals surface area contributed by atoms with Crippen LogP contribution in [0.3, 0.4) is 0 Å². The van der Waals surface area contributed by atoms with Crippen LogP contribution in [0.25, 0.3) is 0 Å². The Morgan fingerprint density at radius 3 is 0.710 bits per heavy atom. The van der Waals surface area contributed by atoms with Crippen molar-refractivity contribution in [3.05, 3.63) is 88.0 Å². The summed E-state index contributed by atoms with van der Waals surface area (Å²) in [6.07, 6.45) is -31.0. The average molecular weight is 975 g/mol. The van der Waals surface area contributed by atoms with E-state index in [4.69, 9.17) is 36.7 Å². The zero-order valence-corrected chi connectivity index (χ0v) is 33.4. The Morgan fingerprint density at radius 2 is 0.548 bits per heavy atom. The summed E-state index contributed by atoms with van der Waals surface area (Å²) in [5, 5.41) is 13.2. The fourth-order valence-electron chi connectivity index (χ4n) is 5.26. The fraction of sp³-hybridized carbons (Fsp3) is 0.382. The quantitative estimate of drug-likeness (QED) is 0.0605. The maximum Gasteiger partial charge on any atom is 0.416 e. The molecular formula is C34H30F18N7S3+. The molecule has 0 spiro atoms. The van der Waals surface area contributed by atoms with E-state index >= 15 is 0 Å². The lowest BCUT2D eigenvalue weighted by Crippen LogP contribution is -2.55. The summed E-state index contributed by atoms with van der Waals surface area (Å²) >= 11 is 15.1. The molecule has 0 aromatic heterocycles. The van der Waals surface area contributed by atoms with Crippen LogP contribution in [0.5, 0.6) is 0 Å². The van der Waals surface area contributed by atoms with Gasteiger partial charge in [-0.05, 0) is 91.3 Å². The molecule has 6 N–H and O–H groups in total. The number of thiocarbonyl (C=S) groups is 3. The molecule has 0 atom stereocenters. The highest BCUT2D eigenvalue weighted by molar-refractivity contribution is 7.80. The van der Waals surface area contributed by atoms with Gasteiger partial charge in [-0.15, -0.1) is 0 Å². The molecule has 0 saturated carbocycles. The third kappa shape index (κ3) is 16.3. The minimum atomic E-state index is -5.16. The summed E-state index contributed by atoms with van der Waals surface area (Å²) < 4.78 is 240. The molecule has 3 aromatic carbocycles. The molecule has 0 aliphatic carbocycles. The van der Waals surface area contributed by atoms with Gasteiger partial charge in [0.1, 0.15) is 0 Å². The predicted molar refractivity (Wildman–Crippen MR) is 203 cm³/mol. The van der Waals surface area contributed by atoms with Gasteiger partial charge < -0.3 is 36.4 Å². The van der Waals surface area contributed by atoms with Crippen LogP contribution in [-0.4, -0.2) is 66.1 Å². The van der Waals surface area contributed by atoms with Gasteiger partial charge in [0.05, 0.1) is 79.7 Å². The van der Waals surface area contributed by atoms with Crippen LogP contribution in [0.15, 0.2) is 54.6 Å². The van der Waals surface area contributed by atoms with Crippen molar-refractivity contribution in [2.45, 2.75) is 37.1 Å². The molecule has 0 radical (unpaired) electrons. The van der Waals surface area contributed by atoms with Gasteiger partial charge in [0.15, 0.2) is 15.3 Å². The maximum absolute atomic E-state index is 13.3. The number of nitrogens with one attached hydrogen (secondary N) is 6. The molecule has 3 aromatic rings. The molecule has 3 rings (SSSR count). The molecule has 0 fully saturated rings. The van der Waals surface area contributed by atoms with Crippen molar-refractivity contribution in [3.63, 3.8) is 0 Å². The van der Waals surface area contributed by atoms with Gasteiger partial charge in [-0.2, -0.15) is 79.0 Å². The summed E-state index contributed by atoms with van der Waals surface area (Å²) in [4.78, 5) is 0. The monoisotopic (exact) mass is 974 g/mol. The lowest BCUT2D eigenvalue weighted by Gasteiger charge is -2.35. The number of alkyl halides is 18. The Labute approximate surface area is 355 Å². The maximum atomic E-state index is 13.3. The van der Waals surface area contributed by atoms with Crippen LogP contribution in [-0.2, 0) is 37.1 Å². The van der Waals surface area contributed by atoms with E-state index in [0.717, 1.165) is 0 Å². The topological polar surface area (TPSA) is 72.2 Å². The first kappa shape index (κ1) is 51.8. The zero-order valence-electron chi connectivity index (χ0n) is 30.9. The van der Waals surface area contributed by atoms with E-state index in [1.54, 1.807) is 7.05 Å². The van der Waals surface area contributed by atoms with Gasteiger partial charge in [-0.1, -0.05) is 0 Å². The molecule has 0 unspecified atom stereocenters. The van der Waals surface area contributed by atoms with Crippen molar-refractivity contribution < 1.29 is 83.5 Å². The number of likely N-dealkylation sites (N-methyl/N-ethyl adjacent to an activating group) is 1. The summed E-state index contributed by atoms with van der Waals surface area (Å²) in [6.45, 7) is -0.581. The molecule has 0 amide bonds. The Bertz CT molecular complexity index is 1750. The molecule has 0 heterocycles. The number of nitrogens with zero attached hydrogens (tertiary/aromatic N) is 1. The lowest BCUT2D eigenvalue weighted by atomic mass is 10.1. The second kappa shape index (κ2) is 19.4. The predicted octanol–water partition coefficient (Wildman–Crippen LogP) is 10.5. The van der Waals surface area contributed by atoms with Gasteiger partial charge in [-0.25, -0.2) is 0 Å². The molecule has 0 aliphatic rings. The molecule has 0 bridgehead atoms. The number of halogens is 18. The minimum absolute atomic E-state index is 0.0207. The first-order chi connectivity index (χ1) is 28.0. The van der Waals surface area contributed by atoms with Crippen LogP contribution in [0.4, 0.5) is 96.1 Å². The van der Waals surface area contributed by atoms with Crippen molar-refractivity contribution in [2.75, 3.05) is 62.3 Å². The summed E-state index contributed by atoms with van der Waals surface area (Å²) in [5.74, 6) is 0. The molecular weight excluding hydrogens is 945 g/mol. The smallest absolute Gasteiger partial charge is 0.357 e. The average Bonchev–Trinajstić information content (AvgIpc) is 3.09. The van der Waals surface area contributed by atoms with E-state index in [2.05, 4.69) is 31.9 Å². The second-order valence-corrected chi connectivity index (χ2v) is 14.5. The highest BCUT2D eigenvalue weighted by Crippen LogP contribution is 2.40. The normalized spacial score (nSPS) is 13.0. The van der Waals surface area contributed by atoms with Crippen molar-refractivity contribution in [2.24, 2.45) is 0 Å². The number of benzene rings is 3. The van der Waals surface area contributed by atoms with Crippen LogP contribution in [0.1, 0.15) is 33.4 Å². The minimum Gasteiger partial charge on any atom is -0.357 e. The van der Waals surface area contributed by atoms with E-state index in [-0.39, 0.29) is 62.0 Å². The third-order valence-corrected chi connectivity index (χ3v) is 9.09.